The molecule has 2 aliphatic rings. The van der Waals surface area contributed by atoms with E-state index in [2.05, 4.69) is 23.4 Å². The van der Waals surface area contributed by atoms with Gasteiger partial charge in [0.25, 0.3) is 5.91 Å². The van der Waals surface area contributed by atoms with E-state index in [0.29, 0.717) is 12.0 Å². The van der Waals surface area contributed by atoms with Crippen LogP contribution in [0, 0.1) is 25.7 Å². The molecule has 1 heterocycles. The van der Waals surface area contributed by atoms with Crippen molar-refractivity contribution in [1.29, 1.82) is 0 Å². The second kappa shape index (κ2) is 6.08. The van der Waals surface area contributed by atoms with Gasteiger partial charge in [-0.25, -0.2) is 0 Å². The molecule has 2 aliphatic carbocycles. The van der Waals surface area contributed by atoms with E-state index in [-0.39, 0.29) is 5.91 Å². The predicted octanol–water partition coefficient (Wildman–Crippen LogP) is 3.47. The number of hydrogen-bond acceptors (Lipinski definition) is 2. The number of aromatic nitrogens is 2. The molecule has 2 fully saturated rings. The van der Waals surface area contributed by atoms with Gasteiger partial charge in [0.05, 0.1) is 12.2 Å². The first-order valence-electron chi connectivity index (χ1n) is 8.99. The number of fused-ring (bicyclic) bond motifs is 2. The Morgan fingerprint density at radius 3 is 2.58 bits per heavy atom. The van der Waals surface area contributed by atoms with Crippen molar-refractivity contribution in [3.8, 4) is 0 Å². The molecule has 1 amide bonds. The average molecular weight is 323 g/mol. The quantitative estimate of drug-likeness (QED) is 0.936. The van der Waals surface area contributed by atoms with Crippen molar-refractivity contribution < 1.29 is 4.79 Å². The molecule has 1 N–H and O–H groups in total. The summed E-state index contributed by atoms with van der Waals surface area (Å²) in [6.07, 6.45) is 5.13. The fraction of sp³-hybridized carbons (Fsp3) is 0.500. The highest BCUT2D eigenvalue weighted by Gasteiger charge is 2.40. The Labute approximate surface area is 143 Å². The van der Waals surface area contributed by atoms with Crippen LogP contribution in [0.4, 0.5) is 0 Å². The second-order valence-corrected chi connectivity index (χ2v) is 7.54. The number of nitrogens with one attached hydrogen (secondary N) is 1. The highest BCUT2D eigenvalue weighted by molar-refractivity contribution is 5.94. The topological polar surface area (TPSA) is 46.9 Å². The molecule has 0 radical (unpaired) electrons. The summed E-state index contributed by atoms with van der Waals surface area (Å²) in [4.78, 5) is 12.5. The summed E-state index contributed by atoms with van der Waals surface area (Å²) in [6, 6.07) is 10.4. The van der Waals surface area contributed by atoms with Crippen LogP contribution in [0.15, 0.2) is 30.3 Å². The third-order valence-corrected chi connectivity index (χ3v) is 5.71. The van der Waals surface area contributed by atoms with Crippen LogP contribution in [0.2, 0.25) is 0 Å². The standard InChI is InChI=1S/C20H25N3O/c1-13-9-14(2)23(22-13)12-15-3-6-17(7-4-15)20(24)21-19-11-16-5-8-18(19)10-16/h3-4,6-7,9,16,18-19H,5,8,10-12H2,1-2H3,(H,21,24)/t16-,18+,19-/m0/s1. The minimum atomic E-state index is 0.0743. The van der Waals surface area contributed by atoms with Gasteiger partial charge < -0.3 is 5.32 Å². The molecular weight excluding hydrogens is 298 g/mol. The molecule has 0 saturated heterocycles. The summed E-state index contributed by atoms with van der Waals surface area (Å²) in [7, 11) is 0. The van der Waals surface area contributed by atoms with E-state index >= 15 is 0 Å². The van der Waals surface area contributed by atoms with Gasteiger partial charge in [0.15, 0.2) is 0 Å². The number of nitrogens with zero attached hydrogens (tertiary/aromatic N) is 2. The average Bonchev–Trinajstić information content (AvgIpc) is 3.24. The lowest BCUT2D eigenvalue weighted by molar-refractivity contribution is 0.0923. The lowest BCUT2D eigenvalue weighted by atomic mass is 9.95. The molecule has 0 aliphatic heterocycles. The summed E-state index contributed by atoms with van der Waals surface area (Å²) in [5.41, 5.74) is 4.12. The molecule has 2 saturated carbocycles. The molecule has 4 rings (SSSR count). The van der Waals surface area contributed by atoms with Gasteiger partial charge in [0.1, 0.15) is 0 Å². The smallest absolute Gasteiger partial charge is 0.251 e. The van der Waals surface area contributed by atoms with Crippen LogP contribution in [0.25, 0.3) is 0 Å². The van der Waals surface area contributed by atoms with E-state index in [1.165, 1.54) is 25.7 Å². The van der Waals surface area contributed by atoms with Crippen LogP contribution in [-0.4, -0.2) is 21.7 Å². The molecular formula is C20H25N3O. The van der Waals surface area contributed by atoms with Crippen LogP contribution in [0.1, 0.15) is 53.0 Å². The predicted molar refractivity (Wildman–Crippen MR) is 93.9 cm³/mol. The van der Waals surface area contributed by atoms with Crippen molar-refractivity contribution in [2.75, 3.05) is 0 Å². The number of aryl methyl sites for hydroxylation is 2. The first kappa shape index (κ1) is 15.4. The van der Waals surface area contributed by atoms with Crippen LogP contribution >= 0.6 is 0 Å². The molecule has 126 valence electrons. The van der Waals surface area contributed by atoms with E-state index in [1.807, 2.05) is 35.9 Å². The molecule has 3 atom stereocenters. The maximum absolute atomic E-state index is 12.5. The molecule has 24 heavy (non-hydrogen) atoms. The van der Waals surface area contributed by atoms with E-state index in [4.69, 9.17) is 0 Å². The molecule has 2 aromatic rings. The molecule has 4 nitrogen and oxygen atoms in total. The highest BCUT2D eigenvalue weighted by atomic mass is 16.1. The molecule has 2 bridgehead atoms. The summed E-state index contributed by atoms with van der Waals surface area (Å²) in [5.74, 6) is 1.64. The zero-order valence-electron chi connectivity index (χ0n) is 14.5. The van der Waals surface area contributed by atoms with Crippen molar-refractivity contribution in [2.24, 2.45) is 11.8 Å². The van der Waals surface area contributed by atoms with Crippen molar-refractivity contribution >= 4 is 5.91 Å². The van der Waals surface area contributed by atoms with Gasteiger partial charge in [-0.1, -0.05) is 18.6 Å². The highest BCUT2D eigenvalue weighted by Crippen LogP contribution is 2.44. The Morgan fingerprint density at radius 2 is 2.00 bits per heavy atom. The van der Waals surface area contributed by atoms with Gasteiger partial charge in [-0.05, 0) is 68.7 Å². The van der Waals surface area contributed by atoms with Crippen LogP contribution in [-0.2, 0) is 6.54 Å². The Hall–Kier alpha value is -2.10. The Balaban J connectivity index is 1.40. The van der Waals surface area contributed by atoms with Crippen molar-refractivity contribution in [1.82, 2.24) is 15.1 Å². The third-order valence-electron chi connectivity index (χ3n) is 5.71. The van der Waals surface area contributed by atoms with Gasteiger partial charge in [-0.3, -0.25) is 9.48 Å². The van der Waals surface area contributed by atoms with Gasteiger partial charge in [-0.15, -0.1) is 0 Å². The lowest BCUT2D eigenvalue weighted by Gasteiger charge is -2.22. The fourth-order valence-corrected chi connectivity index (χ4v) is 4.44. The number of benzene rings is 1. The monoisotopic (exact) mass is 323 g/mol. The Bertz CT molecular complexity index is 747. The van der Waals surface area contributed by atoms with Crippen molar-refractivity contribution in [3.05, 3.63) is 52.8 Å². The molecule has 0 spiro atoms. The largest absolute Gasteiger partial charge is 0.349 e. The zero-order chi connectivity index (χ0) is 16.7. The van der Waals surface area contributed by atoms with E-state index in [1.54, 1.807) is 0 Å². The first-order chi connectivity index (χ1) is 11.6. The summed E-state index contributed by atoms with van der Waals surface area (Å²) >= 11 is 0. The fourth-order valence-electron chi connectivity index (χ4n) is 4.44. The maximum atomic E-state index is 12.5. The van der Waals surface area contributed by atoms with E-state index in [9.17, 15) is 4.79 Å². The van der Waals surface area contributed by atoms with Gasteiger partial charge in [0, 0.05) is 17.3 Å². The zero-order valence-corrected chi connectivity index (χ0v) is 14.5. The molecule has 1 aromatic heterocycles. The first-order valence-corrected chi connectivity index (χ1v) is 8.99. The summed E-state index contributed by atoms with van der Waals surface area (Å²) in [6.45, 7) is 4.82. The van der Waals surface area contributed by atoms with Crippen molar-refractivity contribution in [2.45, 2.75) is 52.1 Å². The summed E-state index contributed by atoms with van der Waals surface area (Å²) in [5, 5.41) is 7.74. The van der Waals surface area contributed by atoms with Crippen LogP contribution < -0.4 is 5.32 Å². The van der Waals surface area contributed by atoms with Gasteiger partial charge in [-0.2, -0.15) is 5.10 Å². The second-order valence-electron chi connectivity index (χ2n) is 7.54. The number of hydrogen-bond donors (Lipinski definition) is 1. The number of rotatable bonds is 4. The number of carbonyl (C=O) groups is 1. The van der Waals surface area contributed by atoms with Gasteiger partial charge in [0.2, 0.25) is 0 Å². The van der Waals surface area contributed by atoms with Crippen molar-refractivity contribution in [3.63, 3.8) is 0 Å². The van der Waals surface area contributed by atoms with E-state index in [0.717, 1.165) is 35.0 Å². The minimum Gasteiger partial charge on any atom is -0.349 e. The SMILES string of the molecule is Cc1cc(C)n(Cc2ccc(C(=O)N[C@H]3C[C@H]4CC[C@@H]3C4)cc2)n1. The molecule has 1 aromatic carbocycles. The number of amides is 1. The van der Waals surface area contributed by atoms with Crippen LogP contribution in [0.5, 0.6) is 0 Å². The summed E-state index contributed by atoms with van der Waals surface area (Å²) < 4.78 is 2.00. The van der Waals surface area contributed by atoms with Crippen LogP contribution in [0.3, 0.4) is 0 Å². The number of carbonyl (C=O) groups excluding carboxylic acids is 1. The Kier molecular flexibility index (Phi) is 3.91. The maximum Gasteiger partial charge on any atom is 0.251 e. The molecule has 4 heteroatoms. The normalized spacial score (nSPS) is 25.2. The van der Waals surface area contributed by atoms with E-state index < -0.39 is 0 Å². The third kappa shape index (κ3) is 2.97. The van der Waals surface area contributed by atoms with Gasteiger partial charge >= 0.3 is 0 Å². The Morgan fingerprint density at radius 1 is 1.21 bits per heavy atom. The lowest BCUT2D eigenvalue weighted by Crippen LogP contribution is -2.38. The minimum absolute atomic E-state index is 0.0743. The molecule has 0 unspecified atom stereocenters.